The quantitative estimate of drug-likeness (QED) is 0.852. The first kappa shape index (κ1) is 17.4. The van der Waals surface area contributed by atoms with Crippen molar-refractivity contribution >= 4 is 5.91 Å². The van der Waals surface area contributed by atoms with Crippen LogP contribution in [0.5, 0.6) is 0 Å². The maximum Gasteiger partial charge on any atom is 0.239 e. The zero-order valence-electron chi connectivity index (χ0n) is 15.1. The average molecular weight is 333 g/mol. The van der Waals surface area contributed by atoms with Crippen molar-refractivity contribution in [1.82, 2.24) is 24.7 Å². The van der Waals surface area contributed by atoms with Gasteiger partial charge in [-0.05, 0) is 59.3 Å². The van der Waals surface area contributed by atoms with E-state index in [1.807, 2.05) is 6.20 Å². The molecule has 0 aromatic carbocycles. The van der Waals surface area contributed by atoms with Gasteiger partial charge in [-0.2, -0.15) is 0 Å². The van der Waals surface area contributed by atoms with Crippen LogP contribution < -0.4 is 5.32 Å². The highest BCUT2D eigenvalue weighted by Gasteiger charge is 2.31. The summed E-state index contributed by atoms with van der Waals surface area (Å²) in [4.78, 5) is 21.4. The number of piperidine rings is 1. The summed E-state index contributed by atoms with van der Waals surface area (Å²) in [6.07, 6.45) is 9.34. The molecule has 134 valence electrons. The molecule has 0 bridgehead atoms. The standard InChI is InChI=1S/C18H31N5O/c1-21(2)10-4-11-22-14-9-20-17(22)15-6-12-23(13-7-15)18(24)16-5-3-8-19-16/h9,14-16,19H,3-8,10-13H2,1-2H3. The summed E-state index contributed by atoms with van der Waals surface area (Å²) in [5.41, 5.74) is 0. The van der Waals surface area contributed by atoms with Gasteiger partial charge in [-0.1, -0.05) is 0 Å². The second kappa shape index (κ2) is 8.12. The average Bonchev–Trinajstić information content (AvgIpc) is 3.26. The minimum Gasteiger partial charge on any atom is -0.341 e. The van der Waals surface area contributed by atoms with Crippen molar-refractivity contribution in [2.45, 2.75) is 50.6 Å². The van der Waals surface area contributed by atoms with Gasteiger partial charge in [0, 0.05) is 37.9 Å². The van der Waals surface area contributed by atoms with Crippen molar-refractivity contribution in [3.05, 3.63) is 18.2 Å². The van der Waals surface area contributed by atoms with Crippen LogP contribution in [0.15, 0.2) is 12.4 Å². The number of carbonyl (C=O) groups excluding carboxylic acids is 1. The highest BCUT2D eigenvalue weighted by Crippen LogP contribution is 2.27. The molecular weight excluding hydrogens is 302 g/mol. The number of hydrogen-bond acceptors (Lipinski definition) is 4. The number of aryl methyl sites for hydroxylation is 1. The van der Waals surface area contributed by atoms with Crippen LogP contribution in [0.4, 0.5) is 0 Å². The van der Waals surface area contributed by atoms with E-state index in [0.717, 1.165) is 64.8 Å². The Labute approximate surface area is 145 Å². The molecule has 0 radical (unpaired) electrons. The molecule has 1 aromatic heterocycles. The molecule has 6 nitrogen and oxygen atoms in total. The molecule has 1 N–H and O–H groups in total. The molecule has 2 aliphatic heterocycles. The molecular formula is C18H31N5O. The number of likely N-dealkylation sites (tertiary alicyclic amines) is 1. The highest BCUT2D eigenvalue weighted by molar-refractivity contribution is 5.82. The van der Waals surface area contributed by atoms with Gasteiger partial charge in [-0.3, -0.25) is 4.79 Å². The molecule has 6 heteroatoms. The number of amides is 1. The van der Waals surface area contributed by atoms with Crippen LogP contribution in [0.3, 0.4) is 0 Å². The number of nitrogens with zero attached hydrogens (tertiary/aromatic N) is 4. The van der Waals surface area contributed by atoms with Crippen molar-refractivity contribution in [2.75, 3.05) is 40.3 Å². The highest BCUT2D eigenvalue weighted by atomic mass is 16.2. The fourth-order valence-corrected chi connectivity index (χ4v) is 3.90. The molecule has 2 aliphatic rings. The van der Waals surface area contributed by atoms with E-state index < -0.39 is 0 Å². The number of imidazole rings is 1. The smallest absolute Gasteiger partial charge is 0.239 e. The SMILES string of the molecule is CN(C)CCCn1ccnc1C1CCN(C(=O)C2CCCN2)CC1. The maximum absolute atomic E-state index is 12.5. The third-order valence-electron chi connectivity index (χ3n) is 5.28. The van der Waals surface area contributed by atoms with Gasteiger partial charge in [0.2, 0.25) is 5.91 Å². The number of rotatable bonds is 6. The summed E-state index contributed by atoms with van der Waals surface area (Å²) in [6, 6.07) is 0.0644. The monoisotopic (exact) mass is 333 g/mol. The lowest BCUT2D eigenvalue weighted by Crippen LogP contribution is -2.46. The van der Waals surface area contributed by atoms with Crippen molar-refractivity contribution in [3.8, 4) is 0 Å². The Morgan fingerprint density at radius 3 is 2.79 bits per heavy atom. The molecule has 2 fully saturated rings. The maximum atomic E-state index is 12.5. The molecule has 0 saturated carbocycles. The van der Waals surface area contributed by atoms with Crippen LogP contribution in [-0.2, 0) is 11.3 Å². The minimum atomic E-state index is 0.0644. The summed E-state index contributed by atoms with van der Waals surface area (Å²) in [5, 5.41) is 3.32. The molecule has 3 rings (SSSR count). The molecule has 24 heavy (non-hydrogen) atoms. The molecule has 1 atom stereocenters. The fraction of sp³-hybridized carbons (Fsp3) is 0.778. The van der Waals surface area contributed by atoms with Gasteiger partial charge >= 0.3 is 0 Å². The molecule has 0 spiro atoms. The van der Waals surface area contributed by atoms with Crippen LogP contribution in [0.25, 0.3) is 0 Å². The summed E-state index contributed by atoms with van der Waals surface area (Å²) < 4.78 is 2.31. The summed E-state index contributed by atoms with van der Waals surface area (Å²) in [6.45, 7) is 4.84. The molecule has 1 aromatic rings. The molecule has 2 saturated heterocycles. The predicted molar refractivity (Wildman–Crippen MR) is 95.0 cm³/mol. The number of nitrogens with one attached hydrogen (secondary N) is 1. The Hall–Kier alpha value is -1.40. The zero-order valence-corrected chi connectivity index (χ0v) is 15.1. The third-order valence-corrected chi connectivity index (χ3v) is 5.28. The predicted octanol–water partition coefficient (Wildman–Crippen LogP) is 1.29. The second-order valence-electron chi connectivity index (χ2n) is 7.38. The van der Waals surface area contributed by atoms with Crippen molar-refractivity contribution < 1.29 is 4.79 Å². The Balaban J connectivity index is 1.51. The Morgan fingerprint density at radius 2 is 2.12 bits per heavy atom. The zero-order chi connectivity index (χ0) is 16.9. The van der Waals surface area contributed by atoms with E-state index in [1.54, 1.807) is 0 Å². The number of carbonyl (C=O) groups is 1. The normalized spacial score (nSPS) is 22.5. The van der Waals surface area contributed by atoms with Gasteiger partial charge < -0.3 is 19.7 Å². The third kappa shape index (κ3) is 4.16. The van der Waals surface area contributed by atoms with Crippen LogP contribution in [0.2, 0.25) is 0 Å². The first-order valence-electron chi connectivity index (χ1n) is 9.33. The van der Waals surface area contributed by atoms with E-state index in [9.17, 15) is 4.79 Å². The summed E-state index contributed by atoms with van der Waals surface area (Å²) in [5.74, 6) is 2.00. The van der Waals surface area contributed by atoms with Gasteiger partial charge in [-0.15, -0.1) is 0 Å². The summed E-state index contributed by atoms with van der Waals surface area (Å²) in [7, 11) is 4.22. The Morgan fingerprint density at radius 1 is 1.33 bits per heavy atom. The van der Waals surface area contributed by atoms with Gasteiger partial charge in [-0.25, -0.2) is 4.98 Å². The van der Waals surface area contributed by atoms with Gasteiger partial charge in [0.1, 0.15) is 5.82 Å². The number of hydrogen-bond donors (Lipinski definition) is 1. The van der Waals surface area contributed by atoms with E-state index in [4.69, 9.17) is 0 Å². The lowest BCUT2D eigenvalue weighted by Gasteiger charge is -2.33. The van der Waals surface area contributed by atoms with Crippen LogP contribution in [-0.4, -0.2) is 71.6 Å². The number of aromatic nitrogens is 2. The molecule has 0 aliphatic carbocycles. The molecule has 1 amide bonds. The largest absolute Gasteiger partial charge is 0.341 e. The van der Waals surface area contributed by atoms with Crippen LogP contribution >= 0.6 is 0 Å². The topological polar surface area (TPSA) is 53.4 Å². The van der Waals surface area contributed by atoms with Gasteiger partial charge in [0.15, 0.2) is 0 Å². The van der Waals surface area contributed by atoms with E-state index in [2.05, 4.69) is 45.0 Å². The van der Waals surface area contributed by atoms with E-state index >= 15 is 0 Å². The first-order valence-corrected chi connectivity index (χ1v) is 9.33. The van der Waals surface area contributed by atoms with Gasteiger partial charge in [0.05, 0.1) is 6.04 Å². The second-order valence-corrected chi connectivity index (χ2v) is 7.38. The van der Waals surface area contributed by atoms with E-state index in [0.29, 0.717) is 11.8 Å². The van der Waals surface area contributed by atoms with E-state index in [1.165, 1.54) is 5.82 Å². The fourth-order valence-electron chi connectivity index (χ4n) is 3.90. The lowest BCUT2D eigenvalue weighted by atomic mass is 9.95. The van der Waals surface area contributed by atoms with Crippen molar-refractivity contribution in [3.63, 3.8) is 0 Å². The van der Waals surface area contributed by atoms with Crippen molar-refractivity contribution in [1.29, 1.82) is 0 Å². The Bertz CT molecular complexity index is 527. The first-order chi connectivity index (χ1) is 11.6. The van der Waals surface area contributed by atoms with Crippen LogP contribution in [0, 0.1) is 0 Å². The van der Waals surface area contributed by atoms with Crippen LogP contribution in [0.1, 0.15) is 43.8 Å². The Kier molecular flexibility index (Phi) is 5.89. The lowest BCUT2D eigenvalue weighted by molar-refractivity contribution is -0.134. The van der Waals surface area contributed by atoms with Gasteiger partial charge in [0.25, 0.3) is 0 Å². The minimum absolute atomic E-state index is 0.0644. The summed E-state index contributed by atoms with van der Waals surface area (Å²) >= 11 is 0. The van der Waals surface area contributed by atoms with Crippen molar-refractivity contribution in [2.24, 2.45) is 0 Å². The van der Waals surface area contributed by atoms with E-state index in [-0.39, 0.29) is 6.04 Å². The molecule has 1 unspecified atom stereocenters. The molecule has 3 heterocycles.